The standard InChI is InChI=1S/C87H108N18O6/c1-85(2,3)67-34-55-28-61-40-73(103-49-70(91-94-103)46-97(10)11)42-63(79(61)106-19)30-57-36-68(86(4,5)6)38-59(83(57)110-53-77-89-23-26-101(77)17)32-65-44-75(105-51-72(93-96-105)48-99(14)15)45-66(81(65)108-21)33-60-39-69(87(7,8)9)37-58(84(60)111-54-78-90-24-27-102(78)18)31-64-43-74(104-50-71(92-95-104)47-98(12)13)41-62(80(64)107-20)29-56(35-67)82(55)109-52-76-88-22-25-100(76)16/h22-27,34-45,49-51H,28-33,46-48,52-54H2,1-21H3. The van der Waals surface area contributed by atoms with Gasteiger partial charge in [0.2, 0.25) is 0 Å². The summed E-state index contributed by atoms with van der Waals surface area (Å²) < 4.78 is 54.6. The lowest BCUT2D eigenvalue weighted by molar-refractivity contribution is 0.286. The Balaban J connectivity index is 1.15. The molecule has 0 N–H and O–H groups in total. The van der Waals surface area contributed by atoms with E-state index in [0.717, 1.165) is 135 Å². The summed E-state index contributed by atoms with van der Waals surface area (Å²) in [6.45, 7) is 22.7. The van der Waals surface area contributed by atoms with Crippen LogP contribution in [-0.4, -0.2) is 152 Å². The smallest absolute Gasteiger partial charge is 0.146 e. The number of aromatic nitrogens is 15. The molecule has 0 radical (unpaired) electrons. The molecule has 24 heteroatoms. The summed E-state index contributed by atoms with van der Waals surface area (Å²) in [6.07, 6.45) is 19.5. The van der Waals surface area contributed by atoms with Gasteiger partial charge in [0.1, 0.15) is 71.8 Å². The maximum atomic E-state index is 7.42. The minimum absolute atomic E-state index is 0.181. The molecule has 0 amide bonds. The van der Waals surface area contributed by atoms with Crippen molar-refractivity contribution < 1.29 is 28.4 Å². The molecule has 1 aliphatic carbocycles. The number of nitrogens with zero attached hydrogens (tertiary/aromatic N) is 18. The third kappa shape index (κ3) is 17.8. The highest BCUT2D eigenvalue weighted by Crippen LogP contribution is 2.46. The van der Waals surface area contributed by atoms with E-state index in [9.17, 15) is 0 Å². The summed E-state index contributed by atoms with van der Waals surface area (Å²) in [5.41, 5.74) is 18.3. The molecule has 0 atom stereocenters. The molecule has 0 saturated carbocycles. The molecular weight excluding hydrogens is 1390 g/mol. The Kier molecular flexibility index (Phi) is 22.7. The molecule has 24 nitrogen and oxygen atoms in total. The fourth-order valence-corrected chi connectivity index (χ4v) is 14.8. The minimum Gasteiger partial charge on any atom is -0.496 e. The van der Waals surface area contributed by atoms with E-state index in [1.807, 2.05) is 147 Å². The Hall–Kier alpha value is -11.0. The number of imidazole rings is 3. The third-order valence-electron chi connectivity index (χ3n) is 20.6. The molecule has 12 bridgehead atoms. The predicted molar refractivity (Wildman–Crippen MR) is 431 cm³/mol. The number of hydrogen-bond donors (Lipinski definition) is 0. The van der Waals surface area contributed by atoms with Crippen LogP contribution < -0.4 is 28.4 Å². The van der Waals surface area contributed by atoms with Gasteiger partial charge >= 0.3 is 0 Å². The number of benzene rings is 6. The summed E-state index contributed by atoms with van der Waals surface area (Å²) in [5, 5.41) is 28.8. The second-order valence-corrected chi connectivity index (χ2v) is 33.5. The van der Waals surface area contributed by atoms with E-state index in [2.05, 4.69) is 150 Å². The summed E-state index contributed by atoms with van der Waals surface area (Å²) in [6, 6.07) is 27.0. The first-order valence-corrected chi connectivity index (χ1v) is 37.9. The van der Waals surface area contributed by atoms with E-state index < -0.39 is 0 Å². The van der Waals surface area contributed by atoms with Gasteiger partial charge in [-0.15, -0.1) is 15.3 Å². The molecule has 6 aromatic heterocycles. The zero-order chi connectivity index (χ0) is 79.0. The molecule has 0 spiro atoms. The second kappa shape index (κ2) is 32.2. The molecule has 6 aromatic carbocycles. The Labute approximate surface area is 652 Å². The number of rotatable bonds is 21. The van der Waals surface area contributed by atoms with E-state index in [4.69, 9.17) is 74.3 Å². The molecular formula is C87H108N18O6. The normalized spacial score (nSPS) is 13.0. The van der Waals surface area contributed by atoms with E-state index in [1.54, 1.807) is 21.3 Å². The highest BCUT2D eigenvalue weighted by atomic mass is 16.5. The van der Waals surface area contributed by atoms with E-state index in [0.29, 0.717) is 92.7 Å². The highest BCUT2D eigenvalue weighted by Gasteiger charge is 2.31. The Bertz CT molecular complexity index is 4650. The Morgan fingerprint density at radius 2 is 0.541 bits per heavy atom. The maximum absolute atomic E-state index is 7.42. The van der Waals surface area contributed by atoms with Gasteiger partial charge in [-0.25, -0.2) is 29.0 Å². The van der Waals surface area contributed by atoms with Crippen LogP contribution in [0.3, 0.4) is 0 Å². The molecule has 1 aliphatic rings. The second-order valence-electron chi connectivity index (χ2n) is 33.5. The molecule has 6 heterocycles. The summed E-state index contributed by atoms with van der Waals surface area (Å²) >= 11 is 0. The topological polar surface area (TPSA) is 211 Å². The third-order valence-corrected chi connectivity index (χ3v) is 20.6. The number of ether oxygens (including phenoxy) is 6. The van der Waals surface area contributed by atoms with Gasteiger partial charge in [0.05, 0.1) is 74.1 Å². The van der Waals surface area contributed by atoms with Gasteiger partial charge in [-0.1, -0.05) is 114 Å². The lowest BCUT2D eigenvalue weighted by atomic mass is 9.81. The Morgan fingerprint density at radius 1 is 0.324 bits per heavy atom. The monoisotopic (exact) mass is 1500 g/mol. The van der Waals surface area contributed by atoms with E-state index in [-0.39, 0.29) is 36.1 Å². The van der Waals surface area contributed by atoms with Crippen molar-refractivity contribution in [2.24, 2.45) is 21.1 Å². The molecule has 0 saturated heterocycles. The van der Waals surface area contributed by atoms with Crippen LogP contribution in [0.5, 0.6) is 34.5 Å². The van der Waals surface area contributed by atoms with Crippen LogP contribution in [0.1, 0.15) is 180 Å². The average molecular weight is 1500 g/mol. The fraction of sp³-hybridized carbons (Fsp3) is 0.414. The fourth-order valence-electron chi connectivity index (χ4n) is 14.8. The molecule has 12 aromatic rings. The van der Waals surface area contributed by atoms with Crippen LogP contribution in [0.15, 0.2) is 129 Å². The summed E-state index contributed by atoms with van der Waals surface area (Å²) in [7, 11) is 23.5. The van der Waals surface area contributed by atoms with Gasteiger partial charge < -0.3 is 56.8 Å². The van der Waals surface area contributed by atoms with Gasteiger partial charge in [-0.2, -0.15) is 0 Å². The lowest BCUT2D eigenvalue weighted by Gasteiger charge is -2.27. The number of aryl methyl sites for hydroxylation is 3. The zero-order valence-electron chi connectivity index (χ0n) is 68.6. The van der Waals surface area contributed by atoms with Crippen molar-refractivity contribution in [2.75, 3.05) is 63.6 Å². The van der Waals surface area contributed by atoms with Crippen LogP contribution in [0.4, 0.5) is 0 Å². The van der Waals surface area contributed by atoms with Gasteiger partial charge in [-0.05, 0) is 145 Å². The van der Waals surface area contributed by atoms with Crippen LogP contribution in [-0.2, 0) is 115 Å². The van der Waals surface area contributed by atoms with Crippen molar-refractivity contribution >= 4 is 0 Å². The van der Waals surface area contributed by atoms with Crippen molar-refractivity contribution in [3.63, 3.8) is 0 Å². The summed E-state index contributed by atoms with van der Waals surface area (Å²) in [4.78, 5) is 20.7. The minimum atomic E-state index is -0.342. The molecule has 0 fully saturated rings. The van der Waals surface area contributed by atoms with Gasteiger partial charge in [0.25, 0.3) is 0 Å². The molecule has 0 unspecified atom stereocenters. The first-order valence-electron chi connectivity index (χ1n) is 37.9. The van der Waals surface area contributed by atoms with Crippen molar-refractivity contribution in [2.45, 2.75) is 157 Å². The number of fused-ring (bicyclic) bond motifs is 12. The number of methoxy groups -OCH3 is 3. The quantitative estimate of drug-likeness (QED) is 0.0654. The van der Waals surface area contributed by atoms with Crippen molar-refractivity contribution in [3.05, 3.63) is 247 Å². The van der Waals surface area contributed by atoms with Crippen LogP contribution >= 0.6 is 0 Å². The van der Waals surface area contributed by atoms with Crippen molar-refractivity contribution in [3.8, 4) is 51.6 Å². The average Bonchev–Trinajstić information content (AvgIpc) is 1.77. The first-order chi connectivity index (χ1) is 52.9. The molecule has 582 valence electrons. The first kappa shape index (κ1) is 78.2. The van der Waals surface area contributed by atoms with E-state index >= 15 is 0 Å². The lowest BCUT2D eigenvalue weighted by Crippen LogP contribution is -2.16. The maximum Gasteiger partial charge on any atom is 0.146 e. The Morgan fingerprint density at radius 3 is 0.721 bits per heavy atom. The molecule has 111 heavy (non-hydrogen) atoms. The van der Waals surface area contributed by atoms with Crippen molar-refractivity contribution in [1.82, 2.24) is 88.3 Å². The zero-order valence-corrected chi connectivity index (χ0v) is 68.6. The SMILES string of the molecule is COc1c2cc(-n3cc(CN(C)C)nn3)cc1Cc1cc(C(C)(C)C)cc(c1OCc1nccn1C)Cc1cc(-n3cc(CN(C)C)nn3)cc(c1OC)Cc1cc(C(C)(C)C)cc(c1OCc1nccn1C)Cc1cc(-n3cc(CN(C)C)nn3)cc(c1OC)Cc1cc(C(C)(C)C)cc(c1OCc1nccn1C)C2. The van der Waals surface area contributed by atoms with Crippen molar-refractivity contribution in [1.29, 1.82) is 0 Å². The van der Waals surface area contributed by atoms with Crippen LogP contribution in [0, 0.1) is 0 Å². The van der Waals surface area contributed by atoms with Gasteiger partial charge in [-0.3, -0.25) is 0 Å². The van der Waals surface area contributed by atoms with Gasteiger partial charge in [0, 0.05) is 150 Å². The molecule has 0 aliphatic heterocycles. The van der Waals surface area contributed by atoms with E-state index in [1.165, 1.54) is 0 Å². The van der Waals surface area contributed by atoms with Gasteiger partial charge in [0.15, 0.2) is 0 Å². The largest absolute Gasteiger partial charge is 0.496 e. The number of hydrogen-bond acceptors (Lipinski definition) is 18. The van der Waals surface area contributed by atoms with Crippen LogP contribution in [0.25, 0.3) is 17.1 Å². The summed E-state index contributed by atoms with van der Waals surface area (Å²) in [5.74, 6) is 6.56. The molecule has 13 rings (SSSR count). The highest BCUT2D eigenvalue weighted by molar-refractivity contribution is 5.63. The van der Waals surface area contributed by atoms with Crippen LogP contribution in [0.2, 0.25) is 0 Å². The predicted octanol–water partition coefficient (Wildman–Crippen LogP) is 13.3.